The lowest BCUT2D eigenvalue weighted by Gasteiger charge is -2.13. The summed E-state index contributed by atoms with van der Waals surface area (Å²) in [6.07, 6.45) is 3.56. The van der Waals surface area contributed by atoms with E-state index in [0.717, 1.165) is 16.8 Å². The van der Waals surface area contributed by atoms with Crippen LogP contribution in [0.2, 0.25) is 0 Å². The van der Waals surface area contributed by atoms with E-state index >= 15 is 0 Å². The van der Waals surface area contributed by atoms with Gasteiger partial charge in [0.15, 0.2) is 0 Å². The first-order valence-electron chi connectivity index (χ1n) is 5.57. The van der Waals surface area contributed by atoms with Crippen LogP contribution in [-0.2, 0) is 0 Å². The number of nitrogens with one attached hydrogen (secondary N) is 1. The Bertz CT molecular complexity index is 491. The molecule has 0 radical (unpaired) electrons. The summed E-state index contributed by atoms with van der Waals surface area (Å²) >= 11 is 0. The highest BCUT2D eigenvalue weighted by molar-refractivity contribution is 5.59. The van der Waals surface area contributed by atoms with Crippen molar-refractivity contribution in [3.8, 4) is 0 Å². The zero-order chi connectivity index (χ0) is 12.3. The minimum Gasteiger partial charge on any atom is -0.324 e. The van der Waals surface area contributed by atoms with Gasteiger partial charge in [0.25, 0.3) is 0 Å². The third kappa shape index (κ3) is 2.79. The van der Waals surface area contributed by atoms with Crippen LogP contribution in [0.3, 0.4) is 0 Å². The van der Waals surface area contributed by atoms with Gasteiger partial charge in [-0.1, -0.05) is 18.2 Å². The standard InChI is InChI=1S/C13H16N4/c1-9-7-15-13(16-8-9)17-12-6-4-3-5-11(12)10(2)14/h3-8,10H,14H2,1-2H3,(H,15,16,17). The van der Waals surface area contributed by atoms with Crippen molar-refractivity contribution in [3.63, 3.8) is 0 Å². The first kappa shape index (κ1) is 11.5. The third-order valence-corrected chi connectivity index (χ3v) is 2.48. The second-order valence-electron chi connectivity index (χ2n) is 4.08. The highest BCUT2D eigenvalue weighted by Gasteiger charge is 2.06. The minimum absolute atomic E-state index is 0.0239. The largest absolute Gasteiger partial charge is 0.324 e. The topological polar surface area (TPSA) is 63.8 Å². The smallest absolute Gasteiger partial charge is 0.227 e. The lowest BCUT2D eigenvalue weighted by molar-refractivity contribution is 0.820. The molecule has 88 valence electrons. The van der Waals surface area contributed by atoms with E-state index in [1.165, 1.54) is 0 Å². The summed E-state index contributed by atoms with van der Waals surface area (Å²) < 4.78 is 0. The molecule has 0 spiro atoms. The Morgan fingerprint density at radius 1 is 1.18 bits per heavy atom. The summed E-state index contributed by atoms with van der Waals surface area (Å²) in [5.74, 6) is 0.587. The lowest BCUT2D eigenvalue weighted by atomic mass is 10.1. The van der Waals surface area contributed by atoms with Gasteiger partial charge in [0.1, 0.15) is 0 Å². The van der Waals surface area contributed by atoms with Crippen molar-refractivity contribution in [3.05, 3.63) is 47.8 Å². The molecule has 0 saturated heterocycles. The number of aromatic nitrogens is 2. The Kier molecular flexibility index (Phi) is 3.35. The number of aryl methyl sites for hydroxylation is 1. The van der Waals surface area contributed by atoms with E-state index in [2.05, 4.69) is 15.3 Å². The van der Waals surface area contributed by atoms with Crippen molar-refractivity contribution < 1.29 is 0 Å². The molecule has 1 heterocycles. The highest BCUT2D eigenvalue weighted by Crippen LogP contribution is 2.22. The van der Waals surface area contributed by atoms with E-state index < -0.39 is 0 Å². The maximum atomic E-state index is 5.91. The molecule has 17 heavy (non-hydrogen) atoms. The van der Waals surface area contributed by atoms with E-state index in [1.54, 1.807) is 12.4 Å². The first-order chi connectivity index (χ1) is 8.16. The molecule has 1 aromatic carbocycles. The van der Waals surface area contributed by atoms with Crippen molar-refractivity contribution in [2.45, 2.75) is 19.9 Å². The average molecular weight is 228 g/mol. The van der Waals surface area contributed by atoms with Crippen LogP contribution in [0.4, 0.5) is 11.6 Å². The highest BCUT2D eigenvalue weighted by atomic mass is 15.1. The minimum atomic E-state index is -0.0239. The Balaban J connectivity index is 2.26. The van der Waals surface area contributed by atoms with E-state index in [-0.39, 0.29) is 6.04 Å². The number of para-hydroxylation sites is 1. The van der Waals surface area contributed by atoms with E-state index in [1.807, 2.05) is 38.1 Å². The molecule has 0 saturated carbocycles. The molecule has 0 bridgehead atoms. The molecule has 2 aromatic rings. The summed E-state index contributed by atoms with van der Waals surface area (Å²) in [6.45, 7) is 3.91. The van der Waals surface area contributed by atoms with Gasteiger partial charge in [0, 0.05) is 24.1 Å². The van der Waals surface area contributed by atoms with Crippen molar-refractivity contribution in [2.24, 2.45) is 5.73 Å². The molecule has 0 aliphatic rings. The number of nitrogens with two attached hydrogens (primary N) is 1. The van der Waals surface area contributed by atoms with Gasteiger partial charge in [0.2, 0.25) is 5.95 Å². The molecule has 1 unspecified atom stereocenters. The molecule has 2 rings (SSSR count). The molecule has 1 atom stereocenters. The van der Waals surface area contributed by atoms with Gasteiger partial charge in [-0.15, -0.1) is 0 Å². The maximum absolute atomic E-state index is 5.91. The van der Waals surface area contributed by atoms with Crippen molar-refractivity contribution >= 4 is 11.6 Å². The molecule has 0 aliphatic carbocycles. The van der Waals surface area contributed by atoms with Crippen LogP contribution in [0.15, 0.2) is 36.7 Å². The predicted octanol–water partition coefficient (Wildman–Crippen LogP) is 2.55. The van der Waals surface area contributed by atoms with Crippen molar-refractivity contribution in [2.75, 3.05) is 5.32 Å². The van der Waals surface area contributed by atoms with E-state index in [9.17, 15) is 0 Å². The van der Waals surface area contributed by atoms with Gasteiger partial charge in [0.05, 0.1) is 0 Å². The number of hydrogen-bond acceptors (Lipinski definition) is 4. The molecule has 0 amide bonds. The normalized spacial score (nSPS) is 12.2. The second kappa shape index (κ2) is 4.93. The van der Waals surface area contributed by atoms with Crippen LogP contribution < -0.4 is 11.1 Å². The maximum Gasteiger partial charge on any atom is 0.227 e. The molecule has 3 N–H and O–H groups in total. The Morgan fingerprint density at radius 2 is 1.82 bits per heavy atom. The molecular formula is C13H16N4. The summed E-state index contributed by atoms with van der Waals surface area (Å²) in [4.78, 5) is 8.42. The monoisotopic (exact) mass is 228 g/mol. The number of rotatable bonds is 3. The fraction of sp³-hybridized carbons (Fsp3) is 0.231. The quantitative estimate of drug-likeness (QED) is 0.847. The molecule has 0 aliphatic heterocycles. The van der Waals surface area contributed by atoms with Crippen LogP contribution in [0, 0.1) is 6.92 Å². The third-order valence-electron chi connectivity index (χ3n) is 2.48. The Hall–Kier alpha value is -1.94. The van der Waals surface area contributed by atoms with E-state index in [4.69, 9.17) is 5.73 Å². The number of anilines is 2. The molecule has 1 aromatic heterocycles. The molecule has 0 fully saturated rings. The fourth-order valence-electron chi connectivity index (χ4n) is 1.59. The second-order valence-corrected chi connectivity index (χ2v) is 4.08. The summed E-state index contributed by atoms with van der Waals surface area (Å²) in [5.41, 5.74) is 8.95. The van der Waals surface area contributed by atoms with Gasteiger partial charge >= 0.3 is 0 Å². The Labute approximate surface area is 101 Å². The van der Waals surface area contributed by atoms with Gasteiger partial charge < -0.3 is 11.1 Å². The average Bonchev–Trinajstić information content (AvgIpc) is 2.32. The SMILES string of the molecule is Cc1cnc(Nc2ccccc2C(C)N)nc1. The van der Waals surface area contributed by atoms with Crippen LogP contribution in [0.5, 0.6) is 0 Å². The van der Waals surface area contributed by atoms with Crippen molar-refractivity contribution in [1.82, 2.24) is 9.97 Å². The summed E-state index contributed by atoms with van der Waals surface area (Å²) in [6, 6.07) is 7.88. The zero-order valence-electron chi connectivity index (χ0n) is 10.0. The van der Waals surface area contributed by atoms with Crippen LogP contribution in [0.25, 0.3) is 0 Å². The number of benzene rings is 1. The summed E-state index contributed by atoms with van der Waals surface area (Å²) in [5, 5.41) is 3.18. The van der Waals surface area contributed by atoms with Crippen LogP contribution in [0.1, 0.15) is 24.1 Å². The first-order valence-corrected chi connectivity index (χ1v) is 5.57. The number of nitrogens with zero attached hydrogens (tertiary/aromatic N) is 2. The van der Waals surface area contributed by atoms with Crippen LogP contribution in [-0.4, -0.2) is 9.97 Å². The zero-order valence-corrected chi connectivity index (χ0v) is 10.0. The Morgan fingerprint density at radius 3 is 2.47 bits per heavy atom. The molecule has 4 heteroatoms. The van der Waals surface area contributed by atoms with Crippen LogP contribution >= 0.6 is 0 Å². The van der Waals surface area contributed by atoms with E-state index in [0.29, 0.717) is 5.95 Å². The molecule has 4 nitrogen and oxygen atoms in total. The lowest BCUT2D eigenvalue weighted by Crippen LogP contribution is -2.08. The molecular weight excluding hydrogens is 212 g/mol. The van der Waals surface area contributed by atoms with Crippen molar-refractivity contribution in [1.29, 1.82) is 0 Å². The fourth-order valence-corrected chi connectivity index (χ4v) is 1.59. The predicted molar refractivity (Wildman–Crippen MR) is 69.1 cm³/mol. The van der Waals surface area contributed by atoms with Gasteiger partial charge in [-0.3, -0.25) is 0 Å². The van der Waals surface area contributed by atoms with Gasteiger partial charge in [-0.25, -0.2) is 9.97 Å². The van der Waals surface area contributed by atoms with Gasteiger partial charge in [-0.2, -0.15) is 0 Å². The summed E-state index contributed by atoms with van der Waals surface area (Å²) in [7, 11) is 0. The van der Waals surface area contributed by atoms with Gasteiger partial charge in [-0.05, 0) is 31.0 Å². The number of hydrogen-bond donors (Lipinski definition) is 2.